The van der Waals surface area contributed by atoms with Gasteiger partial charge in [-0.05, 0) is 23.8 Å². The Kier molecular flexibility index (Phi) is 3.34. The summed E-state index contributed by atoms with van der Waals surface area (Å²) < 4.78 is 23.3. The molecule has 0 saturated heterocycles. The van der Waals surface area contributed by atoms with E-state index in [9.17, 15) is 4.39 Å². The molecular formula is C11H12FN3O2. The lowest BCUT2D eigenvalue weighted by atomic mass is 10.1. The maximum Gasteiger partial charge on any atom is 0.141 e. The van der Waals surface area contributed by atoms with E-state index in [4.69, 9.17) is 10.5 Å². The molecule has 6 heteroatoms. The van der Waals surface area contributed by atoms with Gasteiger partial charge in [0, 0.05) is 18.1 Å². The van der Waals surface area contributed by atoms with Crippen LogP contribution >= 0.6 is 0 Å². The number of hydrogen-bond acceptors (Lipinski definition) is 5. The highest BCUT2D eigenvalue weighted by Gasteiger charge is 2.15. The van der Waals surface area contributed by atoms with Crippen LogP contribution < -0.4 is 10.5 Å². The van der Waals surface area contributed by atoms with E-state index in [0.717, 1.165) is 0 Å². The molecule has 1 aromatic carbocycles. The van der Waals surface area contributed by atoms with Gasteiger partial charge in [-0.15, -0.1) is 0 Å². The van der Waals surface area contributed by atoms with Crippen LogP contribution in [0.3, 0.4) is 0 Å². The zero-order valence-corrected chi connectivity index (χ0v) is 9.31. The number of rotatable bonds is 4. The van der Waals surface area contributed by atoms with E-state index in [1.54, 1.807) is 12.1 Å². The van der Waals surface area contributed by atoms with Gasteiger partial charge in [0.1, 0.15) is 23.0 Å². The first-order valence-electron chi connectivity index (χ1n) is 5.11. The second-order valence-electron chi connectivity index (χ2n) is 3.44. The molecule has 90 valence electrons. The van der Waals surface area contributed by atoms with Crippen molar-refractivity contribution >= 4 is 0 Å². The van der Waals surface area contributed by atoms with Crippen molar-refractivity contribution in [3.05, 3.63) is 29.7 Å². The first-order chi connectivity index (χ1) is 8.26. The SMILES string of the molecule is COc1ccc(-c2nonc2CCN)c(F)c1. The van der Waals surface area contributed by atoms with Gasteiger partial charge in [-0.3, -0.25) is 0 Å². The maximum absolute atomic E-state index is 13.8. The molecule has 1 aromatic heterocycles. The van der Waals surface area contributed by atoms with Crippen molar-refractivity contribution in [2.75, 3.05) is 13.7 Å². The van der Waals surface area contributed by atoms with Gasteiger partial charge in [0.2, 0.25) is 0 Å². The molecule has 0 saturated carbocycles. The van der Waals surface area contributed by atoms with Crippen LogP contribution in [0.25, 0.3) is 11.3 Å². The number of halogens is 1. The highest BCUT2D eigenvalue weighted by Crippen LogP contribution is 2.26. The number of methoxy groups -OCH3 is 1. The molecule has 0 spiro atoms. The normalized spacial score (nSPS) is 10.5. The van der Waals surface area contributed by atoms with E-state index in [1.807, 2.05) is 0 Å². The lowest BCUT2D eigenvalue weighted by Gasteiger charge is -2.03. The number of benzene rings is 1. The molecule has 1 heterocycles. The zero-order chi connectivity index (χ0) is 12.3. The second kappa shape index (κ2) is 4.92. The van der Waals surface area contributed by atoms with Crippen molar-refractivity contribution in [1.82, 2.24) is 10.3 Å². The molecule has 0 fully saturated rings. The molecule has 0 aliphatic carbocycles. The molecule has 0 unspecified atom stereocenters. The van der Waals surface area contributed by atoms with Crippen LogP contribution in [0, 0.1) is 5.82 Å². The fraction of sp³-hybridized carbons (Fsp3) is 0.273. The third kappa shape index (κ3) is 2.26. The first kappa shape index (κ1) is 11.5. The molecule has 2 aromatic rings. The van der Waals surface area contributed by atoms with Crippen molar-refractivity contribution in [2.45, 2.75) is 6.42 Å². The fourth-order valence-electron chi connectivity index (χ4n) is 1.53. The van der Waals surface area contributed by atoms with Crippen molar-refractivity contribution < 1.29 is 13.8 Å². The van der Waals surface area contributed by atoms with E-state index >= 15 is 0 Å². The van der Waals surface area contributed by atoms with Crippen molar-refractivity contribution in [1.29, 1.82) is 0 Å². The van der Waals surface area contributed by atoms with E-state index in [-0.39, 0.29) is 0 Å². The minimum absolute atomic E-state index is 0.329. The molecule has 0 atom stereocenters. The fourth-order valence-corrected chi connectivity index (χ4v) is 1.53. The molecule has 0 radical (unpaired) electrons. The van der Waals surface area contributed by atoms with Crippen LogP contribution in [0.4, 0.5) is 4.39 Å². The summed E-state index contributed by atoms with van der Waals surface area (Å²) in [6, 6.07) is 4.52. The van der Waals surface area contributed by atoms with Gasteiger partial charge in [0.05, 0.1) is 7.11 Å². The summed E-state index contributed by atoms with van der Waals surface area (Å²) in [5.41, 5.74) is 6.69. The Hall–Kier alpha value is -1.95. The van der Waals surface area contributed by atoms with E-state index in [2.05, 4.69) is 14.9 Å². The highest BCUT2D eigenvalue weighted by molar-refractivity contribution is 5.62. The smallest absolute Gasteiger partial charge is 0.141 e. The van der Waals surface area contributed by atoms with Gasteiger partial charge in [0.25, 0.3) is 0 Å². The first-order valence-corrected chi connectivity index (χ1v) is 5.11. The van der Waals surface area contributed by atoms with Gasteiger partial charge in [-0.1, -0.05) is 5.16 Å². The minimum Gasteiger partial charge on any atom is -0.497 e. The predicted octanol–water partition coefficient (Wildman–Crippen LogP) is 1.39. The van der Waals surface area contributed by atoms with Gasteiger partial charge >= 0.3 is 0 Å². The summed E-state index contributed by atoms with van der Waals surface area (Å²) in [5, 5.41) is 7.40. The zero-order valence-electron chi connectivity index (χ0n) is 9.31. The molecule has 5 nitrogen and oxygen atoms in total. The highest BCUT2D eigenvalue weighted by atomic mass is 19.1. The lowest BCUT2D eigenvalue weighted by molar-refractivity contribution is 0.304. The number of aromatic nitrogens is 2. The van der Waals surface area contributed by atoms with Crippen molar-refractivity contribution in [3.63, 3.8) is 0 Å². The second-order valence-corrected chi connectivity index (χ2v) is 3.44. The standard InChI is InChI=1S/C11H12FN3O2/c1-16-7-2-3-8(9(12)6-7)11-10(4-5-13)14-17-15-11/h2-3,6H,4-5,13H2,1H3. The van der Waals surface area contributed by atoms with Crippen LogP contribution in [-0.4, -0.2) is 24.0 Å². The Bertz CT molecular complexity index is 513. The molecular weight excluding hydrogens is 225 g/mol. The Labute approximate surface area is 97.3 Å². The van der Waals surface area contributed by atoms with Crippen LogP contribution in [0.2, 0.25) is 0 Å². The quantitative estimate of drug-likeness (QED) is 0.869. The Balaban J connectivity index is 2.42. The van der Waals surface area contributed by atoms with Crippen molar-refractivity contribution in [2.24, 2.45) is 5.73 Å². The monoisotopic (exact) mass is 237 g/mol. The summed E-state index contributed by atoms with van der Waals surface area (Å²) in [7, 11) is 1.48. The van der Waals surface area contributed by atoms with Gasteiger partial charge in [-0.2, -0.15) is 0 Å². The van der Waals surface area contributed by atoms with Crippen LogP contribution in [0.1, 0.15) is 5.69 Å². The topological polar surface area (TPSA) is 74.2 Å². The molecule has 0 aliphatic rings. The Morgan fingerprint density at radius 1 is 1.41 bits per heavy atom. The number of nitrogens with two attached hydrogens (primary N) is 1. The molecule has 2 N–H and O–H groups in total. The minimum atomic E-state index is -0.432. The molecule has 17 heavy (non-hydrogen) atoms. The summed E-state index contributed by atoms with van der Waals surface area (Å²) in [4.78, 5) is 0. The summed E-state index contributed by atoms with van der Waals surface area (Å²) in [6.07, 6.45) is 0.490. The lowest BCUT2D eigenvalue weighted by Crippen LogP contribution is -2.04. The third-order valence-corrected chi connectivity index (χ3v) is 2.37. The molecule has 2 rings (SSSR count). The number of hydrogen-bond donors (Lipinski definition) is 1. The van der Waals surface area contributed by atoms with Crippen molar-refractivity contribution in [3.8, 4) is 17.0 Å². The molecule has 0 aliphatic heterocycles. The predicted molar refractivity (Wildman–Crippen MR) is 59.0 cm³/mol. The summed E-state index contributed by atoms with van der Waals surface area (Å²) >= 11 is 0. The Morgan fingerprint density at radius 3 is 2.88 bits per heavy atom. The summed E-state index contributed by atoms with van der Waals surface area (Å²) in [5.74, 6) is 0.0152. The van der Waals surface area contributed by atoms with E-state index < -0.39 is 5.82 Å². The van der Waals surface area contributed by atoms with Crippen LogP contribution in [-0.2, 0) is 6.42 Å². The largest absolute Gasteiger partial charge is 0.497 e. The number of nitrogens with zero attached hydrogens (tertiary/aromatic N) is 2. The van der Waals surface area contributed by atoms with Crippen LogP contribution in [0.15, 0.2) is 22.8 Å². The van der Waals surface area contributed by atoms with Crippen LogP contribution in [0.5, 0.6) is 5.75 Å². The summed E-state index contributed by atoms with van der Waals surface area (Å²) in [6.45, 7) is 0.402. The molecule has 0 amide bonds. The van der Waals surface area contributed by atoms with Gasteiger partial charge in [-0.25, -0.2) is 9.02 Å². The molecule has 0 bridgehead atoms. The Morgan fingerprint density at radius 2 is 2.24 bits per heavy atom. The average molecular weight is 237 g/mol. The maximum atomic E-state index is 13.8. The van der Waals surface area contributed by atoms with E-state index in [0.29, 0.717) is 35.7 Å². The van der Waals surface area contributed by atoms with Gasteiger partial charge in [0.15, 0.2) is 0 Å². The van der Waals surface area contributed by atoms with E-state index in [1.165, 1.54) is 13.2 Å². The number of ether oxygens (including phenoxy) is 1. The average Bonchev–Trinajstić information content (AvgIpc) is 2.77. The third-order valence-electron chi connectivity index (χ3n) is 2.37. The van der Waals surface area contributed by atoms with Gasteiger partial charge < -0.3 is 10.5 Å².